The zero-order chi connectivity index (χ0) is 21.3. The molecule has 1 fully saturated rings. The van der Waals surface area contributed by atoms with Crippen molar-refractivity contribution in [2.45, 2.75) is 19.0 Å². The van der Waals surface area contributed by atoms with Gasteiger partial charge in [0.25, 0.3) is 0 Å². The van der Waals surface area contributed by atoms with Crippen molar-refractivity contribution in [1.82, 2.24) is 20.5 Å². The lowest BCUT2D eigenvalue weighted by atomic mass is 9.97. The number of aromatic hydroxyl groups is 1. The Morgan fingerprint density at radius 3 is 2.77 bits per heavy atom. The molecule has 1 aromatic carbocycles. The number of aromatic nitrogens is 3. The van der Waals surface area contributed by atoms with Crippen LogP contribution in [0.5, 0.6) is 5.75 Å². The number of carbonyl (C=O) groups excluding carboxylic acids is 1. The summed E-state index contributed by atoms with van der Waals surface area (Å²) >= 11 is 0. The van der Waals surface area contributed by atoms with Crippen molar-refractivity contribution < 1.29 is 23.1 Å². The molecule has 3 N–H and O–H groups in total. The van der Waals surface area contributed by atoms with Crippen molar-refractivity contribution in [3.8, 4) is 17.0 Å². The molecular formula is C20H18F3N5O2. The van der Waals surface area contributed by atoms with Crippen molar-refractivity contribution in [3.63, 3.8) is 0 Å². The summed E-state index contributed by atoms with van der Waals surface area (Å²) in [6, 6.07) is 4.40. The number of alkyl halides is 3. The smallest absolute Gasteiger partial charge is 0.416 e. The predicted molar refractivity (Wildman–Crippen MR) is 104 cm³/mol. The van der Waals surface area contributed by atoms with Gasteiger partial charge in [-0.3, -0.25) is 9.78 Å². The topological polar surface area (TPSA) is 100 Å². The molecule has 1 aliphatic rings. The number of halogens is 3. The molecule has 1 saturated heterocycles. The average molecular weight is 417 g/mol. The van der Waals surface area contributed by atoms with E-state index in [0.717, 1.165) is 12.5 Å². The lowest BCUT2D eigenvalue weighted by Crippen LogP contribution is -2.36. The molecule has 3 heterocycles. The van der Waals surface area contributed by atoms with E-state index in [2.05, 4.69) is 25.8 Å². The molecule has 10 heteroatoms. The second-order valence-corrected chi connectivity index (χ2v) is 7.14. The minimum absolute atomic E-state index is 0.0128. The number of phenolic OH excluding ortho intramolecular Hbond substituents is 1. The van der Waals surface area contributed by atoms with Crippen LogP contribution in [0.25, 0.3) is 22.0 Å². The van der Waals surface area contributed by atoms with Gasteiger partial charge < -0.3 is 15.7 Å². The second kappa shape index (κ2) is 7.77. The number of nitrogens with one attached hydrogen (secondary N) is 2. The van der Waals surface area contributed by atoms with Gasteiger partial charge in [0, 0.05) is 48.2 Å². The van der Waals surface area contributed by atoms with E-state index in [4.69, 9.17) is 0 Å². The van der Waals surface area contributed by atoms with Crippen LogP contribution < -0.4 is 10.6 Å². The maximum atomic E-state index is 12.9. The highest BCUT2D eigenvalue weighted by Crippen LogP contribution is 2.38. The summed E-state index contributed by atoms with van der Waals surface area (Å²) in [7, 11) is 0. The van der Waals surface area contributed by atoms with Crippen molar-refractivity contribution in [2.75, 3.05) is 18.4 Å². The molecule has 156 valence electrons. The van der Waals surface area contributed by atoms with E-state index < -0.39 is 17.5 Å². The fourth-order valence-corrected chi connectivity index (χ4v) is 3.50. The Morgan fingerprint density at radius 1 is 1.20 bits per heavy atom. The molecule has 1 amide bonds. The van der Waals surface area contributed by atoms with Gasteiger partial charge in [0.1, 0.15) is 11.4 Å². The number of nitrogens with zero attached hydrogens (tertiary/aromatic N) is 3. The van der Waals surface area contributed by atoms with Crippen LogP contribution >= 0.6 is 0 Å². The molecule has 0 bridgehead atoms. The monoisotopic (exact) mass is 417 g/mol. The molecule has 0 radical (unpaired) electrons. The molecule has 30 heavy (non-hydrogen) atoms. The first-order valence-electron chi connectivity index (χ1n) is 9.34. The Bertz CT molecular complexity index is 1100. The number of rotatable bonds is 4. The summed E-state index contributed by atoms with van der Waals surface area (Å²) in [5, 5.41) is 25.7. The molecule has 1 atom stereocenters. The van der Waals surface area contributed by atoms with Gasteiger partial charge in [-0.15, -0.1) is 10.2 Å². The number of hydrogen-bond acceptors (Lipinski definition) is 6. The molecule has 3 aromatic rings. The summed E-state index contributed by atoms with van der Waals surface area (Å²) < 4.78 is 38.7. The van der Waals surface area contributed by atoms with E-state index >= 15 is 0 Å². The zero-order valence-electron chi connectivity index (χ0n) is 15.7. The van der Waals surface area contributed by atoms with Crippen LogP contribution in [0.4, 0.5) is 19.0 Å². The minimum atomic E-state index is -4.56. The Balaban J connectivity index is 1.67. The molecule has 0 aliphatic carbocycles. The van der Waals surface area contributed by atoms with Crippen molar-refractivity contribution >= 4 is 22.5 Å². The molecule has 0 saturated carbocycles. The van der Waals surface area contributed by atoms with E-state index in [-0.39, 0.29) is 23.1 Å². The largest absolute Gasteiger partial charge is 0.507 e. The van der Waals surface area contributed by atoms with E-state index in [0.29, 0.717) is 42.2 Å². The van der Waals surface area contributed by atoms with Crippen LogP contribution in [-0.4, -0.2) is 39.3 Å². The van der Waals surface area contributed by atoms with Crippen LogP contribution in [0, 0.1) is 5.92 Å². The Kier molecular flexibility index (Phi) is 5.15. The fourth-order valence-electron chi connectivity index (χ4n) is 3.50. The van der Waals surface area contributed by atoms with Crippen LogP contribution in [0.1, 0.15) is 18.4 Å². The van der Waals surface area contributed by atoms with Gasteiger partial charge >= 0.3 is 6.18 Å². The molecule has 0 unspecified atom stereocenters. The number of benzene rings is 1. The van der Waals surface area contributed by atoms with Crippen molar-refractivity contribution in [2.24, 2.45) is 5.92 Å². The summed E-state index contributed by atoms with van der Waals surface area (Å²) in [4.78, 5) is 15.6. The Labute approximate surface area is 169 Å². The number of carbonyl (C=O) groups is 1. The number of amides is 1. The highest BCUT2D eigenvalue weighted by atomic mass is 19.4. The quantitative estimate of drug-likeness (QED) is 0.602. The molecular weight excluding hydrogens is 399 g/mol. The molecule has 7 nitrogen and oxygen atoms in total. The summed E-state index contributed by atoms with van der Waals surface area (Å²) in [6.07, 6.45) is -0.181. The van der Waals surface area contributed by atoms with Gasteiger partial charge in [-0.25, -0.2) is 0 Å². The normalized spacial score (nSPS) is 17.0. The number of pyridine rings is 1. The molecule has 4 rings (SSSR count). The predicted octanol–water partition coefficient (Wildman–Crippen LogP) is 3.35. The minimum Gasteiger partial charge on any atom is -0.507 e. The Hall–Kier alpha value is -3.43. The first-order valence-corrected chi connectivity index (χ1v) is 9.34. The fraction of sp³-hybridized carbons (Fsp3) is 0.300. The SMILES string of the molecule is O=C1C[C@H](CNc2nnc(-c3ccc(C(F)(F)F)cc3O)c3ccncc23)CCN1. The van der Waals surface area contributed by atoms with E-state index in [1.165, 1.54) is 12.3 Å². The zero-order valence-corrected chi connectivity index (χ0v) is 15.7. The van der Waals surface area contributed by atoms with E-state index in [1.807, 2.05) is 0 Å². The Morgan fingerprint density at radius 2 is 2.03 bits per heavy atom. The number of phenols is 1. The number of fused-ring (bicyclic) bond motifs is 1. The maximum Gasteiger partial charge on any atom is 0.416 e. The lowest BCUT2D eigenvalue weighted by Gasteiger charge is -2.22. The third-order valence-electron chi connectivity index (χ3n) is 5.07. The summed E-state index contributed by atoms with van der Waals surface area (Å²) in [5.41, 5.74) is -0.555. The molecule has 2 aromatic heterocycles. The summed E-state index contributed by atoms with van der Waals surface area (Å²) in [6.45, 7) is 1.16. The second-order valence-electron chi connectivity index (χ2n) is 7.14. The number of hydrogen-bond donors (Lipinski definition) is 3. The molecule has 0 spiro atoms. The highest BCUT2D eigenvalue weighted by molar-refractivity contribution is 6.00. The van der Waals surface area contributed by atoms with Crippen molar-refractivity contribution in [3.05, 3.63) is 42.2 Å². The van der Waals surface area contributed by atoms with Gasteiger partial charge in [0.15, 0.2) is 5.82 Å². The van der Waals surface area contributed by atoms with Crippen LogP contribution in [0.15, 0.2) is 36.7 Å². The van der Waals surface area contributed by atoms with Gasteiger partial charge in [0.05, 0.1) is 5.56 Å². The average Bonchev–Trinajstić information content (AvgIpc) is 2.71. The summed E-state index contributed by atoms with van der Waals surface area (Å²) in [5.74, 6) is 0.0927. The first-order chi connectivity index (χ1) is 14.3. The molecule has 1 aliphatic heterocycles. The first kappa shape index (κ1) is 19.9. The van der Waals surface area contributed by atoms with Gasteiger partial charge in [-0.05, 0) is 36.6 Å². The van der Waals surface area contributed by atoms with Crippen LogP contribution in [0.3, 0.4) is 0 Å². The number of anilines is 1. The lowest BCUT2D eigenvalue weighted by molar-refractivity contribution is -0.137. The highest BCUT2D eigenvalue weighted by Gasteiger charge is 2.31. The standard InChI is InChI=1S/C20H18F3N5O2/c21-20(22,23)12-1-2-14(16(29)8-12)18-13-4-5-24-10-15(13)19(28-27-18)26-9-11-3-6-25-17(30)7-11/h1-2,4-5,8,10-11,29H,3,6-7,9H2,(H,25,30)(H,26,28)/t11-/m1/s1. The third-order valence-corrected chi connectivity index (χ3v) is 5.07. The van der Waals surface area contributed by atoms with Crippen LogP contribution in [-0.2, 0) is 11.0 Å². The third kappa shape index (κ3) is 3.98. The number of piperidine rings is 1. The van der Waals surface area contributed by atoms with Crippen LogP contribution in [0.2, 0.25) is 0 Å². The van der Waals surface area contributed by atoms with E-state index in [1.54, 1.807) is 12.3 Å². The van der Waals surface area contributed by atoms with E-state index in [9.17, 15) is 23.1 Å². The van der Waals surface area contributed by atoms with Gasteiger partial charge in [-0.2, -0.15) is 13.2 Å². The van der Waals surface area contributed by atoms with Gasteiger partial charge in [0.2, 0.25) is 5.91 Å². The maximum absolute atomic E-state index is 12.9. The van der Waals surface area contributed by atoms with Gasteiger partial charge in [-0.1, -0.05) is 0 Å². The van der Waals surface area contributed by atoms with Crippen molar-refractivity contribution in [1.29, 1.82) is 0 Å².